The fourth-order valence-electron chi connectivity index (χ4n) is 1.76. The third kappa shape index (κ3) is 4.49. The molecule has 0 fully saturated rings. The van der Waals surface area contributed by atoms with Gasteiger partial charge in [0.15, 0.2) is 6.10 Å². The Labute approximate surface area is 119 Å². The first kappa shape index (κ1) is 16.4. The molecule has 5 heteroatoms. The quantitative estimate of drug-likeness (QED) is 0.807. The van der Waals surface area contributed by atoms with E-state index in [9.17, 15) is 9.18 Å². The summed E-state index contributed by atoms with van der Waals surface area (Å²) < 4.78 is 19.0. The number of halogens is 1. The van der Waals surface area contributed by atoms with Gasteiger partial charge < -0.3 is 15.4 Å². The minimum Gasteiger partial charge on any atom is -0.481 e. The van der Waals surface area contributed by atoms with Gasteiger partial charge >= 0.3 is 0 Å². The van der Waals surface area contributed by atoms with E-state index in [1.54, 1.807) is 20.0 Å². The fraction of sp³-hybridized carbons (Fsp3) is 0.533. The van der Waals surface area contributed by atoms with Crippen molar-refractivity contribution < 1.29 is 13.9 Å². The third-order valence-electron chi connectivity index (χ3n) is 3.09. The molecular weight excluding hydrogens is 259 g/mol. The maximum Gasteiger partial charge on any atom is 0.260 e. The first-order valence-corrected chi connectivity index (χ1v) is 6.90. The van der Waals surface area contributed by atoms with Crippen LogP contribution in [0, 0.1) is 5.82 Å². The van der Waals surface area contributed by atoms with Gasteiger partial charge in [0.2, 0.25) is 0 Å². The second-order valence-corrected chi connectivity index (χ2v) is 4.74. The van der Waals surface area contributed by atoms with Gasteiger partial charge in [-0.25, -0.2) is 4.39 Å². The lowest BCUT2D eigenvalue weighted by atomic mass is 10.1. The van der Waals surface area contributed by atoms with Gasteiger partial charge in [0.05, 0.1) is 0 Å². The third-order valence-corrected chi connectivity index (χ3v) is 3.09. The Hall–Kier alpha value is -1.62. The van der Waals surface area contributed by atoms with Crippen LogP contribution in [0.15, 0.2) is 18.2 Å². The maximum absolute atomic E-state index is 13.3. The normalized spacial score (nSPS) is 13.7. The lowest BCUT2D eigenvalue weighted by Crippen LogP contribution is -2.37. The predicted molar refractivity (Wildman–Crippen MR) is 77.3 cm³/mol. The molecule has 0 aliphatic rings. The molecular formula is C15H23FN2O2. The molecule has 0 aliphatic heterocycles. The molecule has 0 aromatic heterocycles. The summed E-state index contributed by atoms with van der Waals surface area (Å²) in [6.45, 7) is 6.19. The number of rotatable bonds is 7. The van der Waals surface area contributed by atoms with Gasteiger partial charge in [-0.2, -0.15) is 0 Å². The zero-order valence-corrected chi connectivity index (χ0v) is 12.5. The van der Waals surface area contributed by atoms with Crippen molar-refractivity contribution >= 4 is 5.91 Å². The molecule has 0 bridgehead atoms. The van der Waals surface area contributed by atoms with Crippen LogP contribution in [0.25, 0.3) is 0 Å². The average molecular weight is 282 g/mol. The highest BCUT2D eigenvalue weighted by atomic mass is 19.1. The van der Waals surface area contributed by atoms with Crippen LogP contribution in [0.4, 0.5) is 4.39 Å². The number of nitrogens with one attached hydrogen (secondary N) is 2. The van der Waals surface area contributed by atoms with Crippen molar-refractivity contribution in [3.8, 4) is 5.75 Å². The number of carbonyl (C=O) groups is 1. The fourth-order valence-corrected chi connectivity index (χ4v) is 1.76. The smallest absolute Gasteiger partial charge is 0.260 e. The van der Waals surface area contributed by atoms with Gasteiger partial charge in [0.25, 0.3) is 5.91 Å². The van der Waals surface area contributed by atoms with Gasteiger partial charge in [-0.05, 0) is 45.5 Å². The van der Waals surface area contributed by atoms with Crippen molar-refractivity contribution in [3.05, 3.63) is 29.6 Å². The van der Waals surface area contributed by atoms with Gasteiger partial charge in [-0.1, -0.05) is 6.92 Å². The molecule has 2 unspecified atom stereocenters. The lowest BCUT2D eigenvalue weighted by Gasteiger charge is -2.20. The summed E-state index contributed by atoms with van der Waals surface area (Å²) in [6.07, 6.45) is 0.256. The molecule has 1 aromatic rings. The first-order valence-electron chi connectivity index (χ1n) is 6.90. The van der Waals surface area contributed by atoms with Crippen molar-refractivity contribution in [3.63, 3.8) is 0 Å². The van der Waals surface area contributed by atoms with Crippen LogP contribution in [-0.4, -0.2) is 25.6 Å². The van der Waals surface area contributed by atoms with Crippen LogP contribution >= 0.6 is 0 Å². The molecule has 0 spiro atoms. The second-order valence-electron chi connectivity index (χ2n) is 4.74. The molecule has 1 rings (SSSR count). The number of ether oxygens (including phenoxy) is 1. The van der Waals surface area contributed by atoms with E-state index in [2.05, 4.69) is 10.6 Å². The summed E-state index contributed by atoms with van der Waals surface area (Å²) in [6, 6.07) is 4.25. The highest BCUT2D eigenvalue weighted by Gasteiger charge is 2.18. The minimum atomic E-state index is -0.616. The zero-order chi connectivity index (χ0) is 15.1. The van der Waals surface area contributed by atoms with Crippen molar-refractivity contribution in [2.45, 2.75) is 39.3 Å². The standard InChI is InChI=1S/C15H23FN2O2/c1-5-8-18-15(19)11(3)20-14-7-6-12(16)9-13(14)10(2)17-4/h6-7,9-11,17H,5,8H2,1-4H3,(H,18,19). The monoisotopic (exact) mass is 282 g/mol. The van der Waals surface area contributed by atoms with E-state index in [-0.39, 0.29) is 17.8 Å². The summed E-state index contributed by atoms with van der Waals surface area (Å²) in [4.78, 5) is 11.8. The second kappa shape index (κ2) is 7.85. The number of carbonyl (C=O) groups excluding carboxylic acids is 1. The van der Waals surface area contributed by atoms with Gasteiger partial charge in [0.1, 0.15) is 11.6 Å². The highest BCUT2D eigenvalue weighted by molar-refractivity contribution is 5.80. The predicted octanol–water partition coefficient (Wildman–Crippen LogP) is 2.40. The molecule has 0 saturated heterocycles. The Balaban J connectivity index is 2.83. The molecule has 1 amide bonds. The Morgan fingerprint density at radius 3 is 2.70 bits per heavy atom. The summed E-state index contributed by atoms with van der Waals surface area (Å²) in [5, 5.41) is 5.81. The van der Waals surface area contributed by atoms with E-state index < -0.39 is 6.10 Å². The average Bonchev–Trinajstić information content (AvgIpc) is 2.45. The maximum atomic E-state index is 13.3. The van der Waals surface area contributed by atoms with E-state index in [0.29, 0.717) is 17.9 Å². The van der Waals surface area contributed by atoms with Gasteiger partial charge in [-0.15, -0.1) is 0 Å². The minimum absolute atomic E-state index is 0.0633. The first-order chi connectivity index (χ1) is 9.49. The topological polar surface area (TPSA) is 50.4 Å². The molecule has 2 N–H and O–H groups in total. The number of benzene rings is 1. The van der Waals surface area contributed by atoms with Crippen molar-refractivity contribution in [2.75, 3.05) is 13.6 Å². The van der Waals surface area contributed by atoms with E-state index in [1.807, 2.05) is 13.8 Å². The van der Waals surface area contributed by atoms with Crippen LogP contribution in [0.1, 0.15) is 38.8 Å². The Bertz CT molecular complexity index is 451. The molecule has 1 aromatic carbocycles. The van der Waals surface area contributed by atoms with Crippen molar-refractivity contribution in [2.24, 2.45) is 0 Å². The number of hydrogen-bond donors (Lipinski definition) is 2. The van der Waals surface area contributed by atoms with Gasteiger partial charge in [-0.3, -0.25) is 4.79 Å². The van der Waals surface area contributed by atoms with Crippen LogP contribution in [-0.2, 0) is 4.79 Å². The Morgan fingerprint density at radius 1 is 1.40 bits per heavy atom. The largest absolute Gasteiger partial charge is 0.481 e. The van der Waals surface area contributed by atoms with Crippen LogP contribution in [0.3, 0.4) is 0 Å². The van der Waals surface area contributed by atoms with Crippen molar-refractivity contribution in [1.82, 2.24) is 10.6 Å². The van der Waals surface area contributed by atoms with Crippen LogP contribution in [0.2, 0.25) is 0 Å². The molecule has 4 nitrogen and oxygen atoms in total. The van der Waals surface area contributed by atoms with Crippen LogP contribution < -0.4 is 15.4 Å². The zero-order valence-electron chi connectivity index (χ0n) is 12.5. The SMILES string of the molecule is CCCNC(=O)C(C)Oc1ccc(F)cc1C(C)NC. The van der Waals surface area contributed by atoms with E-state index in [0.717, 1.165) is 6.42 Å². The van der Waals surface area contributed by atoms with Gasteiger partial charge in [0, 0.05) is 18.2 Å². The highest BCUT2D eigenvalue weighted by Crippen LogP contribution is 2.26. The molecule has 0 aliphatic carbocycles. The number of hydrogen-bond acceptors (Lipinski definition) is 3. The van der Waals surface area contributed by atoms with E-state index in [4.69, 9.17) is 4.74 Å². The summed E-state index contributed by atoms with van der Waals surface area (Å²) in [5.41, 5.74) is 0.697. The molecule has 0 radical (unpaired) electrons. The molecule has 0 heterocycles. The Morgan fingerprint density at radius 2 is 2.10 bits per heavy atom. The lowest BCUT2D eigenvalue weighted by molar-refractivity contribution is -0.127. The molecule has 2 atom stereocenters. The molecule has 20 heavy (non-hydrogen) atoms. The molecule has 112 valence electrons. The summed E-state index contributed by atoms with van der Waals surface area (Å²) in [5.74, 6) is 0.0316. The summed E-state index contributed by atoms with van der Waals surface area (Å²) in [7, 11) is 1.79. The number of amides is 1. The van der Waals surface area contributed by atoms with E-state index >= 15 is 0 Å². The summed E-state index contributed by atoms with van der Waals surface area (Å²) >= 11 is 0. The van der Waals surface area contributed by atoms with Crippen molar-refractivity contribution in [1.29, 1.82) is 0 Å². The molecule has 0 saturated carbocycles. The van der Waals surface area contributed by atoms with Crippen LogP contribution in [0.5, 0.6) is 5.75 Å². The van der Waals surface area contributed by atoms with E-state index in [1.165, 1.54) is 12.1 Å². The Kier molecular flexibility index (Phi) is 6.45.